The van der Waals surface area contributed by atoms with Crippen LogP contribution in [0.15, 0.2) is 59.5 Å². The molecule has 7 nitrogen and oxygen atoms in total. The van der Waals surface area contributed by atoms with E-state index >= 15 is 0 Å². The molecule has 0 aliphatic heterocycles. The van der Waals surface area contributed by atoms with E-state index < -0.39 is 5.25 Å². The fourth-order valence-electron chi connectivity index (χ4n) is 3.34. The number of aryl methyl sites for hydroxylation is 1. The van der Waals surface area contributed by atoms with Gasteiger partial charge in [0, 0.05) is 21.7 Å². The van der Waals surface area contributed by atoms with Gasteiger partial charge >= 0.3 is 0 Å². The monoisotopic (exact) mass is 514 g/mol. The number of methoxy groups -OCH3 is 3. The highest BCUT2D eigenvalue weighted by atomic mass is 35.5. The van der Waals surface area contributed by atoms with E-state index in [4.69, 9.17) is 25.8 Å². The van der Waals surface area contributed by atoms with Gasteiger partial charge in [-0.2, -0.15) is 0 Å². The fourth-order valence-corrected chi connectivity index (χ4v) is 4.42. The number of nitrogens with one attached hydrogen (secondary N) is 2. The molecule has 0 fully saturated rings. The third-order valence-corrected chi connectivity index (χ3v) is 6.67. The van der Waals surface area contributed by atoms with E-state index in [1.54, 1.807) is 49.4 Å². The zero-order valence-electron chi connectivity index (χ0n) is 20.1. The van der Waals surface area contributed by atoms with Crippen molar-refractivity contribution in [3.63, 3.8) is 0 Å². The number of hydrogen-bond acceptors (Lipinski definition) is 6. The van der Waals surface area contributed by atoms with Crippen LogP contribution in [0.4, 0.5) is 11.4 Å². The van der Waals surface area contributed by atoms with Crippen LogP contribution in [0.5, 0.6) is 17.2 Å². The Morgan fingerprint density at radius 1 is 0.886 bits per heavy atom. The largest absolute Gasteiger partial charge is 0.496 e. The van der Waals surface area contributed by atoms with Crippen LogP contribution in [0.3, 0.4) is 0 Å². The summed E-state index contributed by atoms with van der Waals surface area (Å²) in [6.45, 7) is 3.66. The van der Waals surface area contributed by atoms with E-state index in [-0.39, 0.29) is 11.8 Å². The second kappa shape index (κ2) is 11.9. The van der Waals surface area contributed by atoms with Crippen LogP contribution in [0, 0.1) is 6.92 Å². The number of rotatable bonds is 9. The second-order valence-corrected chi connectivity index (χ2v) is 9.39. The first-order valence-corrected chi connectivity index (χ1v) is 12.0. The van der Waals surface area contributed by atoms with Crippen molar-refractivity contribution in [1.82, 2.24) is 0 Å². The molecule has 2 amide bonds. The number of carbonyl (C=O) groups excluding carboxylic acids is 2. The Kier molecular flexibility index (Phi) is 8.89. The average Bonchev–Trinajstić information content (AvgIpc) is 2.85. The molecule has 0 saturated carbocycles. The molecule has 0 heterocycles. The zero-order valence-corrected chi connectivity index (χ0v) is 21.7. The molecule has 3 aromatic rings. The molecule has 0 saturated heterocycles. The van der Waals surface area contributed by atoms with E-state index in [9.17, 15) is 9.59 Å². The third kappa shape index (κ3) is 6.41. The number of amides is 2. The highest BCUT2D eigenvalue weighted by Gasteiger charge is 2.20. The molecule has 0 radical (unpaired) electrons. The first-order chi connectivity index (χ1) is 16.8. The van der Waals surface area contributed by atoms with Crippen LogP contribution >= 0.6 is 23.4 Å². The lowest BCUT2D eigenvalue weighted by Crippen LogP contribution is -2.22. The maximum atomic E-state index is 13.0. The number of hydrogen-bond donors (Lipinski definition) is 2. The Balaban J connectivity index is 1.72. The number of halogens is 1. The van der Waals surface area contributed by atoms with Gasteiger partial charge in [-0.1, -0.05) is 23.7 Å². The summed E-state index contributed by atoms with van der Waals surface area (Å²) >= 11 is 7.52. The summed E-state index contributed by atoms with van der Waals surface area (Å²) in [5.74, 6) is 0.749. The van der Waals surface area contributed by atoms with Gasteiger partial charge in [-0.15, -0.1) is 11.8 Å². The zero-order chi connectivity index (χ0) is 25.5. The summed E-state index contributed by atoms with van der Waals surface area (Å²) in [4.78, 5) is 26.6. The minimum absolute atomic E-state index is 0.191. The van der Waals surface area contributed by atoms with Gasteiger partial charge in [0.25, 0.3) is 5.91 Å². The van der Waals surface area contributed by atoms with E-state index in [2.05, 4.69) is 10.6 Å². The van der Waals surface area contributed by atoms with Crippen molar-refractivity contribution < 1.29 is 23.8 Å². The van der Waals surface area contributed by atoms with Crippen molar-refractivity contribution in [3.05, 3.63) is 70.7 Å². The van der Waals surface area contributed by atoms with Gasteiger partial charge in [0.05, 0.1) is 32.3 Å². The molecular weight excluding hydrogens is 488 g/mol. The van der Waals surface area contributed by atoms with Gasteiger partial charge in [0.2, 0.25) is 5.91 Å². The average molecular weight is 515 g/mol. The predicted molar refractivity (Wildman–Crippen MR) is 141 cm³/mol. The van der Waals surface area contributed by atoms with Crippen LogP contribution in [0.2, 0.25) is 5.02 Å². The van der Waals surface area contributed by atoms with Gasteiger partial charge in [-0.25, -0.2) is 0 Å². The maximum absolute atomic E-state index is 13.0. The number of carbonyl (C=O) groups is 2. The Morgan fingerprint density at radius 2 is 1.51 bits per heavy atom. The number of benzene rings is 3. The van der Waals surface area contributed by atoms with Gasteiger partial charge in [-0.05, 0) is 55.8 Å². The topological polar surface area (TPSA) is 85.9 Å². The third-order valence-electron chi connectivity index (χ3n) is 5.17. The lowest BCUT2D eigenvalue weighted by atomic mass is 10.1. The van der Waals surface area contributed by atoms with E-state index in [0.29, 0.717) is 39.2 Å². The number of anilines is 2. The summed E-state index contributed by atoms with van der Waals surface area (Å²) in [6, 6.07) is 15.9. The van der Waals surface area contributed by atoms with Gasteiger partial charge in [-0.3, -0.25) is 9.59 Å². The summed E-state index contributed by atoms with van der Waals surface area (Å²) in [5, 5.41) is 5.92. The molecule has 0 aliphatic carbocycles. The molecule has 0 spiro atoms. The molecular formula is C26H27ClN2O5S. The second-order valence-electron chi connectivity index (χ2n) is 7.57. The molecule has 35 heavy (non-hydrogen) atoms. The van der Waals surface area contributed by atoms with E-state index in [1.165, 1.54) is 33.1 Å². The molecule has 0 bridgehead atoms. The molecule has 3 rings (SSSR count). The van der Waals surface area contributed by atoms with Crippen molar-refractivity contribution >= 4 is 46.6 Å². The molecule has 0 aliphatic rings. The van der Waals surface area contributed by atoms with Crippen LogP contribution in [0.1, 0.15) is 22.8 Å². The van der Waals surface area contributed by atoms with Crippen LogP contribution in [0.25, 0.3) is 0 Å². The molecule has 1 unspecified atom stereocenters. The smallest absolute Gasteiger partial charge is 0.263 e. The molecule has 3 aromatic carbocycles. The quantitative estimate of drug-likeness (QED) is 0.338. The minimum atomic E-state index is -0.420. The van der Waals surface area contributed by atoms with Gasteiger partial charge in [0.15, 0.2) is 0 Å². The highest BCUT2D eigenvalue weighted by molar-refractivity contribution is 8.00. The Hall–Kier alpha value is -3.36. The molecule has 2 N–H and O–H groups in total. The number of ether oxygens (including phenoxy) is 3. The summed E-state index contributed by atoms with van der Waals surface area (Å²) in [7, 11) is 4.52. The standard InChI is InChI=1S/C26H27ClN2O5S/c1-15-12-20(23(34-5)14-19(15)27)29-25(30)16(2)35-18-9-6-8-17(13-18)28-26(31)24-21(32-3)10-7-11-22(24)33-4/h6-14,16H,1-5H3,(H,28,31)(H,29,30). The maximum Gasteiger partial charge on any atom is 0.263 e. The van der Waals surface area contributed by atoms with Crippen LogP contribution < -0.4 is 24.8 Å². The summed E-state index contributed by atoms with van der Waals surface area (Å²) in [6.07, 6.45) is 0. The Morgan fingerprint density at radius 3 is 2.14 bits per heavy atom. The lowest BCUT2D eigenvalue weighted by Gasteiger charge is -2.16. The number of thioether (sulfide) groups is 1. The first-order valence-electron chi connectivity index (χ1n) is 10.7. The van der Waals surface area contributed by atoms with Crippen molar-refractivity contribution in [3.8, 4) is 17.2 Å². The fraction of sp³-hybridized carbons (Fsp3) is 0.231. The normalized spacial score (nSPS) is 11.4. The Bertz CT molecular complexity index is 1210. The van der Waals surface area contributed by atoms with Gasteiger partial charge < -0.3 is 24.8 Å². The van der Waals surface area contributed by atoms with Crippen molar-refractivity contribution in [1.29, 1.82) is 0 Å². The van der Waals surface area contributed by atoms with E-state index in [1.807, 2.05) is 19.1 Å². The lowest BCUT2D eigenvalue weighted by molar-refractivity contribution is -0.115. The highest BCUT2D eigenvalue weighted by Crippen LogP contribution is 2.33. The van der Waals surface area contributed by atoms with Crippen molar-refractivity contribution in [2.45, 2.75) is 24.0 Å². The molecule has 1 atom stereocenters. The Labute approximate surface area is 214 Å². The minimum Gasteiger partial charge on any atom is -0.496 e. The molecule has 9 heteroatoms. The van der Waals surface area contributed by atoms with E-state index in [0.717, 1.165) is 10.5 Å². The predicted octanol–water partition coefficient (Wildman–Crippen LogP) is 6.05. The summed E-state index contributed by atoms with van der Waals surface area (Å²) in [5.41, 5.74) is 2.27. The van der Waals surface area contributed by atoms with Crippen LogP contribution in [-0.2, 0) is 4.79 Å². The molecule has 0 aromatic heterocycles. The van der Waals surface area contributed by atoms with Crippen molar-refractivity contribution in [2.24, 2.45) is 0 Å². The first kappa shape index (κ1) is 26.2. The van der Waals surface area contributed by atoms with Crippen LogP contribution in [-0.4, -0.2) is 38.4 Å². The van der Waals surface area contributed by atoms with Gasteiger partial charge in [0.1, 0.15) is 22.8 Å². The molecule has 184 valence electrons. The SMILES string of the molecule is COc1cc(Cl)c(C)cc1NC(=O)C(C)Sc1cccc(NC(=O)c2c(OC)cccc2OC)c1. The summed E-state index contributed by atoms with van der Waals surface area (Å²) < 4.78 is 16.0. The van der Waals surface area contributed by atoms with Crippen molar-refractivity contribution in [2.75, 3.05) is 32.0 Å².